The molecular formula is C23H27F3N4O4. The first-order valence-corrected chi connectivity index (χ1v) is 11.6. The van der Waals surface area contributed by atoms with Crippen molar-refractivity contribution < 1.29 is 32.3 Å². The molecule has 0 atom stereocenters. The van der Waals surface area contributed by atoms with Crippen molar-refractivity contribution in [1.29, 1.82) is 0 Å². The number of amides is 1. The van der Waals surface area contributed by atoms with Gasteiger partial charge in [-0.2, -0.15) is 0 Å². The van der Waals surface area contributed by atoms with Gasteiger partial charge in [0.1, 0.15) is 5.82 Å². The molecule has 8 nitrogen and oxygen atoms in total. The Hall–Kier alpha value is -3.11. The average molecular weight is 480 g/mol. The fraction of sp³-hybridized carbons (Fsp3) is 0.565. The summed E-state index contributed by atoms with van der Waals surface area (Å²) < 4.78 is 45.3. The number of anilines is 2. The number of halogens is 3. The van der Waals surface area contributed by atoms with E-state index in [0.717, 1.165) is 51.4 Å². The lowest BCUT2D eigenvalue weighted by Crippen LogP contribution is -2.39. The van der Waals surface area contributed by atoms with Gasteiger partial charge in [-0.1, -0.05) is 5.10 Å². The third kappa shape index (κ3) is 5.87. The molecule has 3 N–H and O–H groups in total. The molecule has 1 aromatic carbocycles. The zero-order valence-electron chi connectivity index (χ0n) is 18.5. The minimum absolute atomic E-state index is 0.0287. The molecule has 2 fully saturated rings. The highest BCUT2D eigenvalue weighted by Gasteiger charge is 2.32. The number of nitrogens with zero attached hydrogens (tertiary/aromatic N) is 2. The third-order valence-electron chi connectivity index (χ3n) is 7.00. The number of benzene rings is 1. The van der Waals surface area contributed by atoms with Crippen molar-refractivity contribution in [3.05, 3.63) is 35.5 Å². The summed E-state index contributed by atoms with van der Waals surface area (Å²) in [6, 6.07) is 0.655. The predicted molar refractivity (Wildman–Crippen MR) is 115 cm³/mol. The molecule has 0 aliphatic heterocycles. The van der Waals surface area contributed by atoms with Crippen LogP contribution in [0.4, 0.5) is 24.9 Å². The quantitative estimate of drug-likeness (QED) is 0.487. The van der Waals surface area contributed by atoms with Crippen LogP contribution in [-0.2, 0) is 4.79 Å². The summed E-state index contributed by atoms with van der Waals surface area (Å²) >= 11 is 0. The lowest BCUT2D eigenvalue weighted by Gasteiger charge is -2.37. The van der Waals surface area contributed by atoms with Crippen molar-refractivity contribution in [2.45, 2.75) is 63.8 Å². The summed E-state index contributed by atoms with van der Waals surface area (Å²) in [5.41, 5.74) is -0.398. The average Bonchev–Trinajstić information content (AvgIpc) is 3.27. The van der Waals surface area contributed by atoms with Crippen LogP contribution >= 0.6 is 0 Å². The number of carbonyl (C=O) groups excluding carboxylic acids is 1. The monoisotopic (exact) mass is 480 g/mol. The van der Waals surface area contributed by atoms with E-state index < -0.39 is 35.0 Å². The van der Waals surface area contributed by atoms with Crippen LogP contribution in [0.2, 0.25) is 0 Å². The van der Waals surface area contributed by atoms with Gasteiger partial charge in [-0.15, -0.1) is 5.10 Å². The van der Waals surface area contributed by atoms with E-state index >= 15 is 0 Å². The number of rotatable bonds is 7. The summed E-state index contributed by atoms with van der Waals surface area (Å²) in [4.78, 5) is 23.4. The fourth-order valence-electron chi connectivity index (χ4n) is 5.19. The molecule has 2 aliphatic carbocycles. The van der Waals surface area contributed by atoms with Gasteiger partial charge >= 0.3 is 23.8 Å². The molecule has 1 amide bonds. The van der Waals surface area contributed by atoms with Crippen molar-refractivity contribution in [3.63, 3.8) is 0 Å². The Kier molecular flexibility index (Phi) is 7.38. The molecular weight excluding hydrogens is 453 g/mol. The number of carbonyl (C=O) groups is 2. The molecule has 2 saturated carbocycles. The van der Waals surface area contributed by atoms with E-state index in [1.165, 1.54) is 0 Å². The van der Waals surface area contributed by atoms with E-state index in [0.29, 0.717) is 24.0 Å². The number of aliphatic carboxylic acids is 1. The summed E-state index contributed by atoms with van der Waals surface area (Å²) in [5, 5.41) is 21.4. The van der Waals surface area contributed by atoms with Crippen LogP contribution in [0.1, 0.15) is 68.5 Å². The number of hydrogen-bond donors (Lipinski definition) is 3. The van der Waals surface area contributed by atoms with Gasteiger partial charge in [-0.3, -0.25) is 9.59 Å². The maximum atomic E-state index is 13.8. The molecule has 34 heavy (non-hydrogen) atoms. The van der Waals surface area contributed by atoms with Crippen molar-refractivity contribution in [1.82, 2.24) is 15.5 Å². The molecule has 2 aromatic rings. The highest BCUT2D eigenvalue weighted by atomic mass is 19.2. The maximum absolute atomic E-state index is 13.8. The molecule has 4 rings (SSSR count). The van der Waals surface area contributed by atoms with E-state index in [2.05, 4.69) is 20.8 Å². The topological polar surface area (TPSA) is 117 Å². The van der Waals surface area contributed by atoms with E-state index in [9.17, 15) is 22.8 Å². The number of carboxylic acid groups (broad SMARTS) is 1. The second-order valence-corrected chi connectivity index (χ2v) is 9.25. The normalized spacial score (nSPS) is 25.0. The number of carboxylic acids is 1. The van der Waals surface area contributed by atoms with Gasteiger partial charge in [0.15, 0.2) is 11.6 Å². The second-order valence-electron chi connectivity index (χ2n) is 9.25. The standard InChI is InChI=1S/C23H27F3N4O4/c24-16-10-18(26)19(11-17(16)25)28-23-30-29-22(34-23)21(33)27-15-7-5-14(6-8-15)13-3-1-12(2-4-13)9-20(31)32/h10-15H,1-9H2,(H,27,33)(H,28,30)(H,31,32). The van der Waals surface area contributed by atoms with Crippen LogP contribution in [0.3, 0.4) is 0 Å². The van der Waals surface area contributed by atoms with Gasteiger partial charge in [0.05, 0.1) is 5.69 Å². The van der Waals surface area contributed by atoms with Crippen LogP contribution in [0.25, 0.3) is 0 Å². The number of aromatic nitrogens is 2. The number of hydrogen-bond acceptors (Lipinski definition) is 6. The first-order chi connectivity index (χ1) is 16.3. The molecule has 184 valence electrons. The van der Waals surface area contributed by atoms with E-state index in [4.69, 9.17) is 9.52 Å². The molecule has 11 heteroatoms. The van der Waals surface area contributed by atoms with Crippen LogP contribution in [0.15, 0.2) is 16.5 Å². The smallest absolute Gasteiger partial charge is 0.320 e. The fourth-order valence-corrected chi connectivity index (χ4v) is 5.19. The molecule has 0 spiro atoms. The second kappa shape index (κ2) is 10.4. The summed E-state index contributed by atoms with van der Waals surface area (Å²) in [7, 11) is 0. The van der Waals surface area contributed by atoms with Gasteiger partial charge in [-0.25, -0.2) is 13.2 Å². The SMILES string of the molecule is O=C(O)CC1CCC(C2CCC(NC(=O)c3nnc(Nc4cc(F)c(F)cc4F)o3)CC2)CC1. The van der Waals surface area contributed by atoms with Crippen LogP contribution < -0.4 is 10.6 Å². The Bertz CT molecular complexity index is 1030. The third-order valence-corrected chi connectivity index (χ3v) is 7.00. The van der Waals surface area contributed by atoms with Gasteiger partial charge in [0.2, 0.25) is 0 Å². The van der Waals surface area contributed by atoms with Crippen LogP contribution in [0, 0.1) is 35.2 Å². The molecule has 0 bridgehead atoms. The first kappa shape index (κ1) is 24.0. The van der Waals surface area contributed by atoms with Gasteiger partial charge in [0.25, 0.3) is 0 Å². The minimum atomic E-state index is -1.32. The molecule has 0 unspecified atom stereocenters. The Balaban J connectivity index is 1.24. The lowest BCUT2D eigenvalue weighted by molar-refractivity contribution is -0.138. The predicted octanol–water partition coefficient (Wildman–Crippen LogP) is 4.80. The Morgan fingerprint density at radius 1 is 0.912 bits per heavy atom. The van der Waals surface area contributed by atoms with Crippen molar-refractivity contribution in [2.75, 3.05) is 5.32 Å². The van der Waals surface area contributed by atoms with Gasteiger partial charge in [0, 0.05) is 24.6 Å². The molecule has 0 radical (unpaired) electrons. The van der Waals surface area contributed by atoms with Crippen LogP contribution in [-0.4, -0.2) is 33.2 Å². The molecule has 0 saturated heterocycles. The largest absolute Gasteiger partial charge is 0.481 e. The molecule has 1 aromatic heterocycles. The Morgan fingerprint density at radius 2 is 1.53 bits per heavy atom. The summed E-state index contributed by atoms with van der Waals surface area (Å²) in [6.07, 6.45) is 7.96. The first-order valence-electron chi connectivity index (χ1n) is 11.6. The summed E-state index contributed by atoms with van der Waals surface area (Å²) in [6.45, 7) is 0. The van der Waals surface area contributed by atoms with Gasteiger partial charge in [-0.05, 0) is 69.1 Å². The highest BCUT2D eigenvalue weighted by Crippen LogP contribution is 2.40. The Morgan fingerprint density at radius 3 is 2.18 bits per heavy atom. The van der Waals surface area contributed by atoms with Crippen LogP contribution in [0.5, 0.6) is 0 Å². The minimum Gasteiger partial charge on any atom is -0.481 e. The molecule has 2 aliphatic rings. The highest BCUT2D eigenvalue weighted by molar-refractivity contribution is 5.89. The van der Waals surface area contributed by atoms with Crippen molar-refractivity contribution >= 4 is 23.6 Å². The molecule has 1 heterocycles. The maximum Gasteiger partial charge on any atom is 0.320 e. The van der Waals surface area contributed by atoms with E-state index in [1.807, 2.05) is 0 Å². The van der Waals surface area contributed by atoms with Gasteiger partial charge < -0.3 is 20.2 Å². The van der Waals surface area contributed by atoms with E-state index in [1.54, 1.807) is 0 Å². The summed E-state index contributed by atoms with van der Waals surface area (Å²) in [5.74, 6) is -3.72. The van der Waals surface area contributed by atoms with Crippen molar-refractivity contribution in [2.24, 2.45) is 17.8 Å². The lowest BCUT2D eigenvalue weighted by atomic mass is 9.70. The zero-order chi connectivity index (χ0) is 24.2. The Labute approximate surface area is 194 Å². The zero-order valence-corrected chi connectivity index (χ0v) is 18.5. The number of nitrogens with one attached hydrogen (secondary N) is 2. The van der Waals surface area contributed by atoms with Crippen molar-refractivity contribution in [3.8, 4) is 0 Å². The van der Waals surface area contributed by atoms with E-state index in [-0.39, 0.29) is 30.3 Å².